The number of aryl methyl sites for hydroxylation is 1. The molecule has 0 atom stereocenters. The van der Waals surface area contributed by atoms with Gasteiger partial charge in [0.25, 0.3) is 0 Å². The Kier molecular flexibility index (Phi) is 2.26. The number of benzene rings is 1. The third-order valence-corrected chi connectivity index (χ3v) is 3.01. The van der Waals surface area contributed by atoms with Gasteiger partial charge in [0.15, 0.2) is 0 Å². The van der Waals surface area contributed by atoms with E-state index in [1.165, 1.54) is 16.8 Å². The topological polar surface area (TPSA) is 29.9 Å². The van der Waals surface area contributed by atoms with Crippen molar-refractivity contribution in [1.29, 1.82) is 0 Å². The minimum absolute atomic E-state index is 0.897. The summed E-state index contributed by atoms with van der Waals surface area (Å²) in [5.74, 6) is 0. The number of aromatic nitrogens is 2. The van der Waals surface area contributed by atoms with Gasteiger partial charge in [-0.2, -0.15) is 5.10 Å². The molecular formula is C13H15N3. The summed E-state index contributed by atoms with van der Waals surface area (Å²) in [6, 6.07) is 8.43. The van der Waals surface area contributed by atoms with Crippen LogP contribution in [0.5, 0.6) is 0 Å². The second kappa shape index (κ2) is 3.76. The van der Waals surface area contributed by atoms with E-state index in [9.17, 15) is 0 Å². The van der Waals surface area contributed by atoms with Crippen LogP contribution in [-0.4, -0.2) is 16.3 Å². The first-order valence-corrected chi connectivity index (χ1v) is 5.68. The molecule has 3 nitrogen and oxygen atoms in total. The molecule has 0 unspecified atom stereocenters. The lowest BCUT2D eigenvalue weighted by molar-refractivity contribution is 0.629. The van der Waals surface area contributed by atoms with Crippen LogP contribution >= 0.6 is 0 Å². The van der Waals surface area contributed by atoms with E-state index in [4.69, 9.17) is 0 Å². The molecule has 1 aromatic heterocycles. The second-order valence-corrected chi connectivity index (χ2v) is 4.31. The van der Waals surface area contributed by atoms with Gasteiger partial charge in [-0.15, -0.1) is 0 Å². The largest absolute Gasteiger partial charge is 0.311 e. The molecule has 3 rings (SSSR count). The Morgan fingerprint density at radius 3 is 3.12 bits per heavy atom. The molecule has 82 valence electrons. The highest BCUT2D eigenvalue weighted by atomic mass is 15.3. The number of hydrogen-bond donors (Lipinski definition) is 1. The Hall–Kier alpha value is -1.61. The Balaban J connectivity index is 2.03. The van der Waals surface area contributed by atoms with Crippen LogP contribution in [0.15, 0.2) is 30.5 Å². The zero-order chi connectivity index (χ0) is 11.0. The van der Waals surface area contributed by atoms with Crippen molar-refractivity contribution in [2.75, 3.05) is 6.54 Å². The molecule has 0 saturated heterocycles. The third kappa shape index (κ3) is 1.63. The summed E-state index contributed by atoms with van der Waals surface area (Å²) in [5, 5.41) is 7.96. The van der Waals surface area contributed by atoms with E-state index < -0.39 is 0 Å². The molecule has 1 aliphatic rings. The van der Waals surface area contributed by atoms with Gasteiger partial charge in [0.1, 0.15) is 0 Å². The van der Waals surface area contributed by atoms with Crippen LogP contribution in [0.3, 0.4) is 0 Å². The van der Waals surface area contributed by atoms with Crippen molar-refractivity contribution in [2.45, 2.75) is 19.9 Å². The lowest BCUT2D eigenvalue weighted by Crippen LogP contribution is -2.22. The van der Waals surface area contributed by atoms with Crippen molar-refractivity contribution in [3.8, 4) is 5.69 Å². The maximum Gasteiger partial charge on any atom is 0.0799 e. The van der Waals surface area contributed by atoms with Crippen LogP contribution in [-0.2, 0) is 13.0 Å². The molecule has 0 aliphatic carbocycles. The third-order valence-electron chi connectivity index (χ3n) is 3.01. The maximum absolute atomic E-state index is 4.62. The fourth-order valence-corrected chi connectivity index (χ4v) is 2.14. The van der Waals surface area contributed by atoms with Gasteiger partial charge in [0.2, 0.25) is 0 Å². The lowest BCUT2D eigenvalue weighted by atomic mass is 10.1. The van der Waals surface area contributed by atoms with E-state index in [-0.39, 0.29) is 0 Å². The zero-order valence-electron chi connectivity index (χ0n) is 9.40. The molecule has 1 aliphatic heterocycles. The highest BCUT2D eigenvalue weighted by molar-refractivity contribution is 5.36. The quantitative estimate of drug-likeness (QED) is 0.783. The minimum atomic E-state index is 0.897. The predicted octanol–water partition coefficient (Wildman–Crippen LogP) is 1.83. The number of hydrogen-bond acceptors (Lipinski definition) is 2. The SMILES string of the molecule is Cc1cccc(-n2cc3c(n2)CNCC3)c1. The van der Waals surface area contributed by atoms with Gasteiger partial charge in [-0.1, -0.05) is 12.1 Å². The van der Waals surface area contributed by atoms with Gasteiger partial charge < -0.3 is 5.32 Å². The average Bonchev–Trinajstić information content (AvgIpc) is 2.72. The first-order valence-electron chi connectivity index (χ1n) is 5.68. The van der Waals surface area contributed by atoms with E-state index in [2.05, 4.69) is 47.8 Å². The Morgan fingerprint density at radius 2 is 2.31 bits per heavy atom. The minimum Gasteiger partial charge on any atom is -0.311 e. The smallest absolute Gasteiger partial charge is 0.0799 e. The van der Waals surface area contributed by atoms with E-state index in [0.717, 1.165) is 25.2 Å². The molecule has 1 aromatic carbocycles. The molecule has 0 amide bonds. The van der Waals surface area contributed by atoms with E-state index in [1.54, 1.807) is 0 Å². The van der Waals surface area contributed by atoms with Crippen LogP contribution in [0.1, 0.15) is 16.8 Å². The molecule has 3 heteroatoms. The summed E-state index contributed by atoms with van der Waals surface area (Å²) >= 11 is 0. The monoisotopic (exact) mass is 213 g/mol. The van der Waals surface area contributed by atoms with Crippen LogP contribution in [0.2, 0.25) is 0 Å². The summed E-state index contributed by atoms with van der Waals surface area (Å²) in [4.78, 5) is 0. The summed E-state index contributed by atoms with van der Waals surface area (Å²) < 4.78 is 1.99. The van der Waals surface area contributed by atoms with Crippen molar-refractivity contribution in [3.05, 3.63) is 47.3 Å². The van der Waals surface area contributed by atoms with Gasteiger partial charge in [-0.3, -0.25) is 0 Å². The second-order valence-electron chi connectivity index (χ2n) is 4.31. The summed E-state index contributed by atoms with van der Waals surface area (Å²) in [7, 11) is 0. The lowest BCUT2D eigenvalue weighted by Gasteiger charge is -2.09. The Labute approximate surface area is 95.1 Å². The van der Waals surface area contributed by atoms with Gasteiger partial charge in [-0.25, -0.2) is 4.68 Å². The maximum atomic E-state index is 4.62. The van der Waals surface area contributed by atoms with Crippen molar-refractivity contribution < 1.29 is 0 Å². The Bertz CT molecular complexity index is 490. The van der Waals surface area contributed by atoms with Crippen LogP contribution in [0, 0.1) is 6.92 Å². The van der Waals surface area contributed by atoms with E-state index >= 15 is 0 Å². The molecule has 0 bridgehead atoms. The fraction of sp³-hybridized carbons (Fsp3) is 0.308. The summed E-state index contributed by atoms with van der Waals surface area (Å²) in [6.45, 7) is 4.06. The molecule has 1 N–H and O–H groups in total. The number of nitrogens with one attached hydrogen (secondary N) is 1. The van der Waals surface area contributed by atoms with Crippen LogP contribution in [0.25, 0.3) is 5.69 Å². The van der Waals surface area contributed by atoms with Gasteiger partial charge >= 0.3 is 0 Å². The molecular weight excluding hydrogens is 198 g/mol. The standard InChI is InChI=1S/C13H15N3/c1-10-3-2-4-12(7-10)16-9-11-5-6-14-8-13(11)15-16/h2-4,7,9,14H,5-6,8H2,1H3. The Morgan fingerprint density at radius 1 is 1.38 bits per heavy atom. The molecule has 2 heterocycles. The summed E-state index contributed by atoms with van der Waals surface area (Å²) in [6.07, 6.45) is 3.24. The first kappa shape index (κ1) is 9.60. The van der Waals surface area contributed by atoms with Crippen LogP contribution < -0.4 is 5.32 Å². The van der Waals surface area contributed by atoms with Gasteiger partial charge in [0.05, 0.1) is 11.4 Å². The van der Waals surface area contributed by atoms with Crippen molar-refractivity contribution in [1.82, 2.24) is 15.1 Å². The zero-order valence-corrected chi connectivity index (χ0v) is 9.40. The predicted molar refractivity (Wildman–Crippen MR) is 63.7 cm³/mol. The average molecular weight is 213 g/mol. The number of rotatable bonds is 1. The molecule has 16 heavy (non-hydrogen) atoms. The molecule has 2 aromatic rings. The normalized spacial score (nSPS) is 14.8. The highest BCUT2D eigenvalue weighted by Crippen LogP contribution is 2.16. The molecule has 0 fully saturated rings. The van der Waals surface area contributed by atoms with Crippen molar-refractivity contribution >= 4 is 0 Å². The van der Waals surface area contributed by atoms with Crippen LogP contribution in [0.4, 0.5) is 0 Å². The van der Waals surface area contributed by atoms with E-state index in [1.807, 2.05) is 4.68 Å². The number of nitrogens with zero attached hydrogens (tertiary/aromatic N) is 2. The number of fused-ring (bicyclic) bond motifs is 1. The van der Waals surface area contributed by atoms with Crippen molar-refractivity contribution in [3.63, 3.8) is 0 Å². The van der Waals surface area contributed by atoms with Gasteiger partial charge in [-0.05, 0) is 43.1 Å². The highest BCUT2D eigenvalue weighted by Gasteiger charge is 2.13. The molecule has 0 radical (unpaired) electrons. The van der Waals surface area contributed by atoms with Crippen molar-refractivity contribution in [2.24, 2.45) is 0 Å². The summed E-state index contributed by atoms with van der Waals surface area (Å²) in [5.41, 5.74) is 4.98. The molecule has 0 saturated carbocycles. The fourth-order valence-electron chi connectivity index (χ4n) is 2.14. The van der Waals surface area contributed by atoms with E-state index in [0.29, 0.717) is 0 Å². The molecule has 0 spiro atoms. The first-order chi connectivity index (χ1) is 7.83. The van der Waals surface area contributed by atoms with Gasteiger partial charge in [0, 0.05) is 12.7 Å².